The van der Waals surface area contributed by atoms with Gasteiger partial charge in [-0.05, 0) is 49.0 Å². The number of benzene rings is 1. The second-order valence-corrected chi connectivity index (χ2v) is 5.71. The van der Waals surface area contributed by atoms with Crippen molar-refractivity contribution >= 4 is 27.5 Å². The number of hydrogen-bond donors (Lipinski definition) is 2. The highest BCUT2D eigenvalue weighted by atomic mass is 79.9. The number of para-hydroxylation sites is 1. The Morgan fingerprint density at radius 1 is 1.44 bits per heavy atom. The zero-order valence-electron chi connectivity index (χ0n) is 10.9. The molecular formula is C13H19BrN2O2. The molecule has 4 nitrogen and oxygen atoms in total. The van der Waals surface area contributed by atoms with E-state index in [1.54, 1.807) is 0 Å². The van der Waals surface area contributed by atoms with E-state index in [0.29, 0.717) is 0 Å². The third kappa shape index (κ3) is 4.08. The zero-order valence-corrected chi connectivity index (χ0v) is 12.5. The first-order chi connectivity index (χ1) is 8.36. The molecule has 0 fully saturated rings. The van der Waals surface area contributed by atoms with Crippen LogP contribution in [0.4, 0.5) is 5.69 Å². The number of aliphatic hydroxyl groups excluding tert-OH is 1. The lowest BCUT2D eigenvalue weighted by Gasteiger charge is -2.33. The molecule has 0 aliphatic rings. The summed E-state index contributed by atoms with van der Waals surface area (Å²) in [5, 5.41) is 12.1. The van der Waals surface area contributed by atoms with Gasteiger partial charge < -0.3 is 10.4 Å². The maximum Gasteiger partial charge on any atom is 0.238 e. The summed E-state index contributed by atoms with van der Waals surface area (Å²) in [6.07, 6.45) is 0. The standard InChI is InChI=1S/C13H19BrN2O2/c1-13(2,9-17)16(3)8-12(18)15-11-7-5-4-6-10(11)14/h4-7,17H,8-9H2,1-3H3,(H,15,18). The van der Waals surface area contributed by atoms with E-state index in [4.69, 9.17) is 0 Å². The number of nitrogens with one attached hydrogen (secondary N) is 1. The van der Waals surface area contributed by atoms with E-state index in [2.05, 4.69) is 21.2 Å². The third-order valence-electron chi connectivity index (χ3n) is 2.95. The zero-order chi connectivity index (χ0) is 13.8. The van der Waals surface area contributed by atoms with Crippen molar-refractivity contribution in [2.24, 2.45) is 0 Å². The van der Waals surface area contributed by atoms with Gasteiger partial charge >= 0.3 is 0 Å². The Hall–Kier alpha value is -0.910. The number of anilines is 1. The minimum atomic E-state index is -0.411. The van der Waals surface area contributed by atoms with Crippen LogP contribution < -0.4 is 5.32 Å². The highest BCUT2D eigenvalue weighted by molar-refractivity contribution is 9.10. The Morgan fingerprint density at radius 2 is 2.06 bits per heavy atom. The molecule has 0 unspecified atom stereocenters. The van der Waals surface area contributed by atoms with Gasteiger partial charge in [0.15, 0.2) is 0 Å². The Balaban J connectivity index is 2.60. The molecule has 1 aromatic rings. The monoisotopic (exact) mass is 314 g/mol. The van der Waals surface area contributed by atoms with Gasteiger partial charge in [0.1, 0.15) is 0 Å². The molecule has 0 saturated carbocycles. The quantitative estimate of drug-likeness (QED) is 0.875. The van der Waals surface area contributed by atoms with E-state index in [1.165, 1.54) is 0 Å². The number of likely N-dealkylation sites (N-methyl/N-ethyl adjacent to an activating group) is 1. The molecule has 0 heterocycles. The van der Waals surface area contributed by atoms with E-state index in [-0.39, 0.29) is 19.1 Å². The molecule has 1 amide bonds. The Bertz CT molecular complexity index is 421. The van der Waals surface area contributed by atoms with Gasteiger partial charge in [-0.2, -0.15) is 0 Å². The van der Waals surface area contributed by atoms with Crippen molar-refractivity contribution in [3.8, 4) is 0 Å². The van der Waals surface area contributed by atoms with Crippen molar-refractivity contribution in [3.63, 3.8) is 0 Å². The second kappa shape index (κ2) is 6.31. The average Bonchev–Trinajstić information content (AvgIpc) is 2.32. The number of carbonyl (C=O) groups excluding carboxylic acids is 1. The summed E-state index contributed by atoms with van der Waals surface area (Å²) in [5.74, 6) is -0.106. The van der Waals surface area contributed by atoms with Crippen LogP contribution in [0.15, 0.2) is 28.7 Å². The van der Waals surface area contributed by atoms with Crippen LogP contribution in [0.2, 0.25) is 0 Å². The molecule has 1 aromatic carbocycles. The lowest BCUT2D eigenvalue weighted by molar-refractivity contribution is -0.118. The van der Waals surface area contributed by atoms with E-state index < -0.39 is 5.54 Å². The summed E-state index contributed by atoms with van der Waals surface area (Å²) in [4.78, 5) is 13.7. The van der Waals surface area contributed by atoms with E-state index in [1.807, 2.05) is 50.1 Å². The molecule has 5 heteroatoms. The minimum Gasteiger partial charge on any atom is -0.394 e. The molecule has 18 heavy (non-hydrogen) atoms. The first-order valence-corrected chi connectivity index (χ1v) is 6.52. The highest BCUT2D eigenvalue weighted by Gasteiger charge is 2.24. The summed E-state index contributed by atoms with van der Waals surface area (Å²) < 4.78 is 0.849. The van der Waals surface area contributed by atoms with Crippen LogP contribution in [0.3, 0.4) is 0 Å². The lowest BCUT2D eigenvalue weighted by Crippen LogP contribution is -2.47. The molecule has 0 aliphatic heterocycles. The molecule has 0 radical (unpaired) electrons. The van der Waals surface area contributed by atoms with Gasteiger partial charge in [0, 0.05) is 10.0 Å². The van der Waals surface area contributed by atoms with E-state index in [9.17, 15) is 9.90 Å². The van der Waals surface area contributed by atoms with Crippen molar-refractivity contribution in [1.29, 1.82) is 0 Å². The molecule has 0 bridgehead atoms. The van der Waals surface area contributed by atoms with Gasteiger partial charge in [-0.15, -0.1) is 0 Å². The number of hydrogen-bond acceptors (Lipinski definition) is 3. The van der Waals surface area contributed by atoms with Crippen LogP contribution in [0.1, 0.15) is 13.8 Å². The topological polar surface area (TPSA) is 52.6 Å². The van der Waals surface area contributed by atoms with Gasteiger partial charge in [0.05, 0.1) is 18.8 Å². The summed E-state index contributed by atoms with van der Waals surface area (Å²) in [7, 11) is 1.82. The van der Waals surface area contributed by atoms with Gasteiger partial charge in [-0.3, -0.25) is 9.69 Å². The van der Waals surface area contributed by atoms with Gasteiger partial charge in [0.2, 0.25) is 5.91 Å². The predicted molar refractivity (Wildman–Crippen MR) is 76.6 cm³/mol. The summed E-state index contributed by atoms with van der Waals surface area (Å²) >= 11 is 3.38. The molecule has 0 aromatic heterocycles. The van der Waals surface area contributed by atoms with Crippen LogP contribution in [0, 0.1) is 0 Å². The summed E-state index contributed by atoms with van der Waals surface area (Å²) in [6.45, 7) is 4.01. The molecule has 0 aliphatic carbocycles. The largest absolute Gasteiger partial charge is 0.394 e. The number of carbonyl (C=O) groups is 1. The van der Waals surface area contributed by atoms with E-state index >= 15 is 0 Å². The fraction of sp³-hybridized carbons (Fsp3) is 0.462. The van der Waals surface area contributed by atoms with Crippen LogP contribution >= 0.6 is 15.9 Å². The van der Waals surface area contributed by atoms with Gasteiger partial charge in [-0.1, -0.05) is 12.1 Å². The molecule has 100 valence electrons. The second-order valence-electron chi connectivity index (χ2n) is 4.85. The first kappa shape index (κ1) is 15.1. The van der Waals surface area contributed by atoms with Crippen molar-refractivity contribution < 1.29 is 9.90 Å². The number of amides is 1. The van der Waals surface area contributed by atoms with Crippen LogP contribution in [-0.2, 0) is 4.79 Å². The predicted octanol–water partition coefficient (Wildman–Crippen LogP) is 2.09. The molecule has 0 spiro atoms. The van der Waals surface area contributed by atoms with Gasteiger partial charge in [-0.25, -0.2) is 0 Å². The molecule has 0 saturated heterocycles. The number of halogens is 1. The molecule has 1 rings (SSSR count). The summed E-state index contributed by atoms with van der Waals surface area (Å²) in [5.41, 5.74) is 0.336. The Kier molecular flexibility index (Phi) is 5.31. The Morgan fingerprint density at radius 3 is 2.61 bits per heavy atom. The lowest BCUT2D eigenvalue weighted by atomic mass is 10.1. The SMILES string of the molecule is CN(CC(=O)Nc1ccccc1Br)C(C)(C)CO. The van der Waals surface area contributed by atoms with Crippen LogP contribution in [-0.4, -0.2) is 41.7 Å². The van der Waals surface area contributed by atoms with Crippen LogP contribution in [0.25, 0.3) is 0 Å². The molecule has 2 N–H and O–H groups in total. The maximum absolute atomic E-state index is 11.9. The number of nitrogens with zero attached hydrogens (tertiary/aromatic N) is 1. The molecular weight excluding hydrogens is 296 g/mol. The Labute approximate surface area is 116 Å². The smallest absolute Gasteiger partial charge is 0.238 e. The van der Waals surface area contributed by atoms with Gasteiger partial charge in [0.25, 0.3) is 0 Å². The maximum atomic E-state index is 11.9. The molecule has 0 atom stereocenters. The fourth-order valence-corrected chi connectivity index (χ4v) is 1.69. The van der Waals surface area contributed by atoms with Crippen molar-refractivity contribution in [2.45, 2.75) is 19.4 Å². The van der Waals surface area contributed by atoms with Crippen molar-refractivity contribution in [3.05, 3.63) is 28.7 Å². The highest BCUT2D eigenvalue weighted by Crippen LogP contribution is 2.21. The third-order valence-corrected chi connectivity index (χ3v) is 3.64. The van der Waals surface area contributed by atoms with Crippen molar-refractivity contribution in [1.82, 2.24) is 4.90 Å². The minimum absolute atomic E-state index is 0.00577. The van der Waals surface area contributed by atoms with Crippen molar-refractivity contribution in [2.75, 3.05) is 25.5 Å². The summed E-state index contributed by atoms with van der Waals surface area (Å²) in [6, 6.07) is 7.46. The van der Waals surface area contributed by atoms with E-state index in [0.717, 1.165) is 10.2 Å². The van der Waals surface area contributed by atoms with Crippen LogP contribution in [0.5, 0.6) is 0 Å². The normalized spacial score (nSPS) is 11.7. The average molecular weight is 315 g/mol. The first-order valence-electron chi connectivity index (χ1n) is 5.73. The number of aliphatic hydroxyl groups is 1. The fourth-order valence-electron chi connectivity index (χ4n) is 1.30. The number of rotatable bonds is 5.